The lowest BCUT2D eigenvalue weighted by Crippen LogP contribution is -2.48. The van der Waals surface area contributed by atoms with Crippen molar-refractivity contribution in [1.82, 2.24) is 25.8 Å². The molecule has 0 bridgehead atoms. The minimum atomic E-state index is -2.77. The molecule has 2 aromatic rings. The number of rotatable bonds is 8. The Labute approximate surface area is 197 Å². The Balaban J connectivity index is 0.000000739. The number of H-pyrrole nitrogens is 1. The highest BCUT2D eigenvalue weighted by molar-refractivity contribution is 5.88. The minimum absolute atomic E-state index is 0.102. The van der Waals surface area contributed by atoms with E-state index in [0.29, 0.717) is 31.4 Å². The van der Waals surface area contributed by atoms with Gasteiger partial charge >= 0.3 is 0 Å². The number of nitrogens with zero attached hydrogens (tertiary/aromatic N) is 2. The van der Waals surface area contributed by atoms with Crippen LogP contribution in [0.15, 0.2) is 48.9 Å². The fourth-order valence-electron chi connectivity index (χ4n) is 3.69. The fraction of sp³-hybridized carbons (Fsp3) is 0.435. The van der Waals surface area contributed by atoms with E-state index in [0.717, 1.165) is 11.3 Å². The number of nitrogens with one attached hydrogen (secondary N) is 3. The number of nitrogens with two attached hydrogens (primary N) is 2. The Kier molecular flexibility index (Phi) is 10.5. The molecular formula is C23H33F2N7O2. The van der Waals surface area contributed by atoms with Crippen molar-refractivity contribution in [2.24, 2.45) is 17.5 Å². The van der Waals surface area contributed by atoms with Crippen molar-refractivity contribution in [1.29, 1.82) is 0 Å². The summed E-state index contributed by atoms with van der Waals surface area (Å²) < 4.78 is 27.4. The molecule has 0 spiro atoms. The second-order valence-electron chi connectivity index (χ2n) is 8.28. The van der Waals surface area contributed by atoms with E-state index in [2.05, 4.69) is 20.9 Å². The van der Waals surface area contributed by atoms with E-state index >= 15 is 0 Å². The van der Waals surface area contributed by atoms with Gasteiger partial charge in [0.1, 0.15) is 12.1 Å². The van der Waals surface area contributed by atoms with Crippen LogP contribution < -0.4 is 22.3 Å². The van der Waals surface area contributed by atoms with Crippen LogP contribution in [0, 0.1) is 5.92 Å². The first-order valence-electron chi connectivity index (χ1n) is 11.1. The second kappa shape index (κ2) is 13.3. The molecule has 7 N–H and O–H groups in total. The molecule has 0 saturated carbocycles. The van der Waals surface area contributed by atoms with Crippen LogP contribution in [0.3, 0.4) is 0 Å². The third kappa shape index (κ3) is 7.55. The summed E-state index contributed by atoms with van der Waals surface area (Å²) in [6.45, 7) is 4.35. The molecule has 1 aliphatic heterocycles. The molecule has 1 saturated heterocycles. The molecule has 9 nitrogen and oxygen atoms in total. The first-order valence-corrected chi connectivity index (χ1v) is 11.1. The van der Waals surface area contributed by atoms with Crippen molar-refractivity contribution in [2.45, 2.75) is 51.6 Å². The van der Waals surface area contributed by atoms with Crippen molar-refractivity contribution < 1.29 is 18.4 Å². The minimum Gasteiger partial charge on any atom is -0.403 e. The van der Waals surface area contributed by atoms with Gasteiger partial charge in [0.15, 0.2) is 0 Å². The zero-order valence-electron chi connectivity index (χ0n) is 19.4. The molecule has 186 valence electrons. The molecule has 2 heterocycles. The van der Waals surface area contributed by atoms with Crippen LogP contribution in [0.5, 0.6) is 0 Å². The van der Waals surface area contributed by atoms with Crippen molar-refractivity contribution in [3.05, 3.63) is 54.5 Å². The van der Waals surface area contributed by atoms with Crippen molar-refractivity contribution >= 4 is 11.8 Å². The first-order chi connectivity index (χ1) is 16.3. The Morgan fingerprint density at radius 3 is 2.47 bits per heavy atom. The molecule has 11 heteroatoms. The third-order valence-corrected chi connectivity index (χ3v) is 5.28. The number of carbonyl (C=O) groups is 2. The molecule has 2 unspecified atom stereocenters. The highest BCUT2D eigenvalue weighted by Gasteiger charge is 2.36. The van der Waals surface area contributed by atoms with E-state index in [9.17, 15) is 18.4 Å². The summed E-state index contributed by atoms with van der Waals surface area (Å²) >= 11 is 0. The Bertz CT molecular complexity index is 918. The Morgan fingerprint density at radius 2 is 1.97 bits per heavy atom. The summed E-state index contributed by atoms with van der Waals surface area (Å²) in [4.78, 5) is 26.7. The van der Waals surface area contributed by atoms with E-state index in [-0.39, 0.29) is 11.8 Å². The number of hydrogen-bond acceptors (Lipinski definition) is 6. The summed E-state index contributed by atoms with van der Waals surface area (Å²) in [5.74, 6) is 4.27. The molecule has 3 rings (SSSR count). The normalized spacial score (nSPS) is 16.4. The van der Waals surface area contributed by atoms with Crippen molar-refractivity contribution in [3.8, 4) is 11.3 Å². The van der Waals surface area contributed by atoms with Crippen LogP contribution in [0.25, 0.3) is 11.3 Å². The average molecular weight is 478 g/mol. The highest BCUT2D eigenvalue weighted by atomic mass is 19.3. The molecule has 1 aromatic carbocycles. The summed E-state index contributed by atoms with van der Waals surface area (Å²) in [5, 5.41) is 9.15. The van der Waals surface area contributed by atoms with Crippen molar-refractivity contribution in [3.63, 3.8) is 0 Å². The van der Waals surface area contributed by atoms with Gasteiger partial charge in [0.25, 0.3) is 6.43 Å². The van der Waals surface area contributed by atoms with Gasteiger partial charge < -0.3 is 21.4 Å². The maximum atomic E-state index is 13.7. The second-order valence-corrected chi connectivity index (χ2v) is 8.28. The number of halogens is 2. The monoisotopic (exact) mass is 477 g/mol. The summed E-state index contributed by atoms with van der Waals surface area (Å²) in [7, 11) is 0. The number of aromatic nitrogens is 2. The summed E-state index contributed by atoms with van der Waals surface area (Å²) in [5.41, 5.74) is 8.93. The highest BCUT2D eigenvalue weighted by Crippen LogP contribution is 2.26. The first kappa shape index (κ1) is 26.8. The van der Waals surface area contributed by atoms with Crippen LogP contribution >= 0.6 is 0 Å². The van der Waals surface area contributed by atoms with Crippen LogP contribution in [0.4, 0.5) is 8.78 Å². The lowest BCUT2D eigenvalue weighted by Gasteiger charge is -2.27. The van der Waals surface area contributed by atoms with Gasteiger partial charge in [-0.25, -0.2) is 8.78 Å². The number of carbonyl (C=O) groups excluding carboxylic acids is 2. The zero-order chi connectivity index (χ0) is 25.1. The van der Waals surface area contributed by atoms with Gasteiger partial charge in [-0.05, 0) is 36.0 Å². The molecule has 0 radical (unpaired) electrons. The predicted molar refractivity (Wildman–Crippen MR) is 126 cm³/mol. The van der Waals surface area contributed by atoms with Gasteiger partial charge in [-0.15, -0.1) is 0 Å². The summed E-state index contributed by atoms with van der Waals surface area (Å²) in [6, 6.07) is 6.22. The van der Waals surface area contributed by atoms with Gasteiger partial charge in [-0.3, -0.25) is 20.5 Å². The van der Waals surface area contributed by atoms with E-state index < -0.39 is 24.4 Å². The van der Waals surface area contributed by atoms with E-state index in [1.165, 1.54) is 17.3 Å². The van der Waals surface area contributed by atoms with Crippen LogP contribution in [-0.2, 0) is 9.59 Å². The number of likely N-dealkylation sites (tertiary alicyclic amines) is 1. The molecule has 1 fully saturated rings. The maximum Gasteiger partial charge on any atom is 0.262 e. The molecule has 1 aromatic heterocycles. The molecule has 34 heavy (non-hydrogen) atoms. The van der Waals surface area contributed by atoms with E-state index in [1.807, 2.05) is 13.8 Å². The number of hydrogen-bond donors (Lipinski definition) is 5. The van der Waals surface area contributed by atoms with Crippen LogP contribution in [0.1, 0.15) is 44.7 Å². The van der Waals surface area contributed by atoms with E-state index in [4.69, 9.17) is 11.6 Å². The predicted octanol–water partition coefficient (Wildman–Crippen LogP) is 2.42. The zero-order valence-corrected chi connectivity index (χ0v) is 19.4. The number of aromatic amines is 1. The quantitative estimate of drug-likeness (QED) is 0.292. The van der Waals surface area contributed by atoms with Gasteiger partial charge in [0.2, 0.25) is 11.8 Å². The lowest BCUT2D eigenvalue weighted by atomic mass is 10.0. The van der Waals surface area contributed by atoms with Gasteiger partial charge in [-0.2, -0.15) is 5.10 Å². The van der Waals surface area contributed by atoms with Crippen LogP contribution in [-0.4, -0.2) is 45.9 Å². The Morgan fingerprint density at radius 1 is 1.26 bits per heavy atom. The van der Waals surface area contributed by atoms with Crippen molar-refractivity contribution in [2.75, 3.05) is 6.54 Å². The third-order valence-electron chi connectivity index (χ3n) is 5.28. The van der Waals surface area contributed by atoms with Crippen LogP contribution in [0.2, 0.25) is 0 Å². The topological polar surface area (TPSA) is 142 Å². The maximum absolute atomic E-state index is 13.7. The molecule has 0 aliphatic carbocycles. The Hall–Kier alpha value is -3.47. The molecular weight excluding hydrogens is 444 g/mol. The number of amides is 2. The van der Waals surface area contributed by atoms with Gasteiger partial charge in [0.05, 0.1) is 5.69 Å². The number of benzene rings is 1. The average Bonchev–Trinajstić information content (AvgIpc) is 3.50. The smallest absolute Gasteiger partial charge is 0.262 e. The molecule has 2 atom stereocenters. The largest absolute Gasteiger partial charge is 0.403 e. The fourth-order valence-corrected chi connectivity index (χ4v) is 3.69. The number of alkyl halides is 2. The SMILES string of the molecule is CC(C)CC(=O)N1CCCC1C(=O)NC(c1ccc(-c2ccn[nH]2)cc1)C(F)F.N/C=C\NN. The standard InChI is InChI=1S/C21H26F2N4O2.C2H7N3/c1-13(2)12-18(28)27-11-3-4-17(27)21(29)25-19(20(22)23)15-7-5-14(6-8-15)16-9-10-24-26-16;3-1-2-5-4/h5-10,13,17,19-20H,3-4,11-12H2,1-2H3,(H,24,26)(H,25,29);1-2,5H,3-4H2/b;2-1-. The molecule has 1 aliphatic rings. The van der Waals surface area contributed by atoms with Gasteiger partial charge in [0, 0.05) is 31.6 Å². The number of hydrazine groups is 1. The summed E-state index contributed by atoms with van der Waals surface area (Å²) in [6.07, 6.45) is 3.12. The van der Waals surface area contributed by atoms with E-state index in [1.54, 1.807) is 36.5 Å². The molecule has 2 amide bonds. The lowest BCUT2D eigenvalue weighted by molar-refractivity contribution is -0.139. The van der Waals surface area contributed by atoms with Gasteiger partial charge in [-0.1, -0.05) is 38.1 Å².